The number of aromatic nitrogens is 2. The van der Waals surface area contributed by atoms with Crippen LogP contribution in [0.4, 0.5) is 0 Å². The number of rotatable bonds is 4. The molecule has 1 aromatic carbocycles. The van der Waals surface area contributed by atoms with Crippen LogP contribution in [0.1, 0.15) is 16.1 Å². The van der Waals surface area contributed by atoms with Crippen molar-refractivity contribution in [2.45, 2.75) is 6.54 Å². The van der Waals surface area contributed by atoms with Crippen LogP contribution in [0.3, 0.4) is 0 Å². The summed E-state index contributed by atoms with van der Waals surface area (Å²) in [6.07, 6.45) is 1.54. The van der Waals surface area contributed by atoms with E-state index < -0.39 is 0 Å². The molecule has 7 heteroatoms. The van der Waals surface area contributed by atoms with Gasteiger partial charge in [-0.2, -0.15) is 0 Å². The fourth-order valence-electron chi connectivity index (χ4n) is 3.19. The second kappa shape index (κ2) is 7.85. The predicted molar refractivity (Wildman–Crippen MR) is 106 cm³/mol. The van der Waals surface area contributed by atoms with Crippen molar-refractivity contribution in [3.05, 3.63) is 75.7 Å². The number of carbonyl (C=O) groups is 1. The van der Waals surface area contributed by atoms with E-state index in [1.165, 1.54) is 6.20 Å². The van der Waals surface area contributed by atoms with Crippen molar-refractivity contribution >= 4 is 17.2 Å². The molecule has 6 nitrogen and oxygen atoms in total. The first kappa shape index (κ1) is 17.6. The maximum atomic E-state index is 12.5. The summed E-state index contributed by atoms with van der Waals surface area (Å²) in [4.78, 5) is 35.7. The van der Waals surface area contributed by atoms with Gasteiger partial charge in [0.25, 0.3) is 11.5 Å². The second-order valence-electron chi connectivity index (χ2n) is 6.49. The number of nitrogens with one attached hydrogen (secondary N) is 1. The average Bonchev–Trinajstić information content (AvgIpc) is 3.18. The Labute approximate surface area is 161 Å². The number of carbonyl (C=O) groups excluding carboxylic acids is 1. The largest absolute Gasteiger partial charge is 0.336 e. The Morgan fingerprint density at radius 1 is 1.07 bits per heavy atom. The molecule has 1 amide bonds. The van der Waals surface area contributed by atoms with Gasteiger partial charge in [0.2, 0.25) is 0 Å². The molecule has 3 aromatic rings. The maximum Gasteiger partial charge on any atom is 0.260 e. The maximum absolute atomic E-state index is 12.5. The average molecular weight is 380 g/mol. The lowest BCUT2D eigenvalue weighted by atomic mass is 10.2. The van der Waals surface area contributed by atoms with Crippen molar-refractivity contribution in [1.29, 1.82) is 0 Å². The van der Waals surface area contributed by atoms with E-state index in [1.54, 1.807) is 28.4 Å². The number of hydrogen-bond acceptors (Lipinski definition) is 5. The molecule has 0 bridgehead atoms. The van der Waals surface area contributed by atoms with Gasteiger partial charge in [-0.05, 0) is 12.1 Å². The molecular formula is C20H20N4O2S. The summed E-state index contributed by atoms with van der Waals surface area (Å²) < 4.78 is 0. The second-order valence-corrected chi connectivity index (χ2v) is 7.35. The number of nitrogens with zero attached hydrogens (tertiary/aromatic N) is 3. The van der Waals surface area contributed by atoms with Crippen LogP contribution in [0.2, 0.25) is 0 Å². The number of pyridine rings is 1. The highest BCUT2D eigenvalue weighted by molar-refractivity contribution is 7.13. The van der Waals surface area contributed by atoms with Crippen molar-refractivity contribution in [2.75, 3.05) is 26.2 Å². The lowest BCUT2D eigenvalue weighted by Gasteiger charge is -2.34. The van der Waals surface area contributed by atoms with Crippen molar-refractivity contribution in [3.8, 4) is 10.6 Å². The first-order valence-electron chi connectivity index (χ1n) is 8.90. The minimum absolute atomic E-state index is 0.198. The molecule has 138 valence electrons. The summed E-state index contributed by atoms with van der Waals surface area (Å²) in [6.45, 7) is 3.55. The molecule has 1 aliphatic rings. The molecule has 0 atom stereocenters. The third kappa shape index (κ3) is 3.99. The van der Waals surface area contributed by atoms with Gasteiger partial charge in [0.1, 0.15) is 10.6 Å². The van der Waals surface area contributed by atoms with Gasteiger partial charge in [-0.25, -0.2) is 4.98 Å². The lowest BCUT2D eigenvalue weighted by Crippen LogP contribution is -2.49. The molecule has 27 heavy (non-hydrogen) atoms. The topological polar surface area (TPSA) is 69.3 Å². The number of benzene rings is 1. The van der Waals surface area contributed by atoms with Gasteiger partial charge in [-0.1, -0.05) is 30.3 Å². The van der Waals surface area contributed by atoms with Gasteiger partial charge in [-0.15, -0.1) is 11.3 Å². The molecule has 0 spiro atoms. The van der Waals surface area contributed by atoms with Crippen LogP contribution in [0.15, 0.2) is 58.8 Å². The molecule has 0 saturated carbocycles. The van der Waals surface area contributed by atoms with Crippen LogP contribution >= 0.6 is 11.3 Å². The smallest absolute Gasteiger partial charge is 0.260 e. The monoisotopic (exact) mass is 380 g/mol. The van der Waals surface area contributed by atoms with Crippen molar-refractivity contribution < 1.29 is 4.79 Å². The van der Waals surface area contributed by atoms with Crippen LogP contribution in [0.25, 0.3) is 10.6 Å². The fraction of sp³-hybridized carbons (Fsp3) is 0.250. The molecule has 0 radical (unpaired) electrons. The summed E-state index contributed by atoms with van der Waals surface area (Å²) in [7, 11) is 0. The zero-order valence-electron chi connectivity index (χ0n) is 14.8. The fourth-order valence-corrected chi connectivity index (χ4v) is 4.01. The molecule has 0 unspecified atom stereocenters. The van der Waals surface area contributed by atoms with Gasteiger partial charge in [-0.3, -0.25) is 14.5 Å². The van der Waals surface area contributed by atoms with E-state index >= 15 is 0 Å². The highest BCUT2D eigenvalue weighted by Gasteiger charge is 2.24. The van der Waals surface area contributed by atoms with Crippen LogP contribution in [-0.4, -0.2) is 51.9 Å². The zero-order chi connectivity index (χ0) is 18.6. The van der Waals surface area contributed by atoms with E-state index in [4.69, 9.17) is 4.98 Å². The van der Waals surface area contributed by atoms with Crippen LogP contribution in [0.5, 0.6) is 0 Å². The SMILES string of the molecule is O=C(c1ccc[nH]c1=O)N1CCN(Cc2csc(-c3ccccc3)n2)CC1. The predicted octanol–water partition coefficient (Wildman–Crippen LogP) is 2.46. The van der Waals surface area contributed by atoms with E-state index in [2.05, 4.69) is 27.4 Å². The quantitative estimate of drug-likeness (QED) is 0.755. The van der Waals surface area contributed by atoms with Crippen LogP contribution < -0.4 is 5.56 Å². The Hall–Kier alpha value is -2.77. The number of thiazole rings is 1. The number of aromatic amines is 1. The molecule has 3 heterocycles. The molecule has 2 aromatic heterocycles. The molecule has 1 N–H and O–H groups in total. The Bertz CT molecular complexity index is 975. The Morgan fingerprint density at radius 3 is 2.59 bits per heavy atom. The minimum atomic E-state index is -0.333. The van der Waals surface area contributed by atoms with Crippen LogP contribution in [-0.2, 0) is 6.54 Å². The Balaban J connectivity index is 1.35. The molecule has 4 rings (SSSR count). The van der Waals surface area contributed by atoms with Gasteiger partial charge >= 0.3 is 0 Å². The van der Waals surface area contributed by atoms with Gasteiger partial charge in [0, 0.05) is 49.9 Å². The summed E-state index contributed by atoms with van der Waals surface area (Å²) in [5.41, 5.74) is 2.06. The van der Waals surface area contributed by atoms with Gasteiger partial charge < -0.3 is 9.88 Å². The number of piperazine rings is 1. The Kier molecular flexibility index (Phi) is 5.13. The summed E-state index contributed by atoms with van der Waals surface area (Å²) in [5, 5.41) is 3.13. The van der Waals surface area contributed by atoms with E-state index in [0.29, 0.717) is 13.1 Å². The van der Waals surface area contributed by atoms with Crippen molar-refractivity contribution in [3.63, 3.8) is 0 Å². The van der Waals surface area contributed by atoms with Gasteiger partial charge in [0.15, 0.2) is 0 Å². The standard InChI is InChI=1S/C20H20N4O2S/c25-18-17(7-4-8-21-18)20(26)24-11-9-23(10-12-24)13-16-14-27-19(22-16)15-5-2-1-3-6-15/h1-8,14H,9-13H2,(H,21,25). The summed E-state index contributed by atoms with van der Waals surface area (Å²) >= 11 is 1.66. The minimum Gasteiger partial charge on any atom is -0.336 e. The molecule has 1 saturated heterocycles. The van der Waals surface area contributed by atoms with E-state index in [0.717, 1.165) is 35.9 Å². The summed E-state index contributed by atoms with van der Waals surface area (Å²) in [6, 6.07) is 13.4. The zero-order valence-corrected chi connectivity index (χ0v) is 15.6. The van der Waals surface area contributed by atoms with Crippen molar-refractivity contribution in [2.24, 2.45) is 0 Å². The third-order valence-corrected chi connectivity index (χ3v) is 5.61. The first-order chi connectivity index (χ1) is 13.2. The normalized spacial score (nSPS) is 15.0. The molecule has 1 aliphatic heterocycles. The van der Waals surface area contributed by atoms with E-state index in [-0.39, 0.29) is 17.0 Å². The molecule has 0 aliphatic carbocycles. The number of H-pyrrole nitrogens is 1. The first-order valence-corrected chi connectivity index (χ1v) is 9.78. The molecular weight excluding hydrogens is 360 g/mol. The lowest BCUT2D eigenvalue weighted by molar-refractivity contribution is 0.0625. The highest BCUT2D eigenvalue weighted by atomic mass is 32.1. The van der Waals surface area contributed by atoms with E-state index in [1.807, 2.05) is 18.2 Å². The highest BCUT2D eigenvalue weighted by Crippen LogP contribution is 2.24. The van der Waals surface area contributed by atoms with Gasteiger partial charge in [0.05, 0.1) is 5.69 Å². The Morgan fingerprint density at radius 2 is 1.85 bits per heavy atom. The molecule has 1 fully saturated rings. The van der Waals surface area contributed by atoms with Crippen LogP contribution in [0, 0.1) is 0 Å². The van der Waals surface area contributed by atoms with Crippen molar-refractivity contribution in [1.82, 2.24) is 19.8 Å². The summed E-state index contributed by atoms with van der Waals surface area (Å²) in [5.74, 6) is -0.198. The third-order valence-electron chi connectivity index (χ3n) is 4.67. The van der Waals surface area contributed by atoms with E-state index in [9.17, 15) is 9.59 Å². The number of amides is 1. The number of hydrogen-bond donors (Lipinski definition) is 1.